The lowest BCUT2D eigenvalue weighted by Crippen LogP contribution is -2.41. The summed E-state index contributed by atoms with van der Waals surface area (Å²) in [7, 11) is 0. The van der Waals surface area contributed by atoms with Gasteiger partial charge in [-0.25, -0.2) is 4.79 Å². The van der Waals surface area contributed by atoms with Crippen molar-refractivity contribution in [1.82, 2.24) is 4.90 Å². The zero-order chi connectivity index (χ0) is 15.6. The van der Waals surface area contributed by atoms with Crippen LogP contribution in [0.2, 0.25) is 0 Å². The molecule has 1 heterocycles. The Labute approximate surface area is 119 Å². The van der Waals surface area contributed by atoms with Crippen LogP contribution in [0.5, 0.6) is 0 Å². The molecule has 0 saturated carbocycles. The van der Waals surface area contributed by atoms with Gasteiger partial charge < -0.3 is 10.0 Å². The quantitative estimate of drug-likeness (QED) is 0.932. The highest BCUT2D eigenvalue weighted by Crippen LogP contribution is 2.29. The average molecular weight is 301 g/mol. The number of benzene rings is 1. The van der Waals surface area contributed by atoms with Crippen molar-refractivity contribution in [3.63, 3.8) is 0 Å². The second-order valence-corrected chi connectivity index (χ2v) is 4.96. The highest BCUT2D eigenvalue weighted by Gasteiger charge is 2.34. The first kappa shape index (κ1) is 15.3. The van der Waals surface area contributed by atoms with Gasteiger partial charge in [0.25, 0.3) is 0 Å². The molecular weight excluding hydrogens is 287 g/mol. The van der Waals surface area contributed by atoms with Crippen LogP contribution in [0.25, 0.3) is 0 Å². The Kier molecular flexibility index (Phi) is 4.20. The van der Waals surface area contributed by atoms with Gasteiger partial charge in [-0.15, -0.1) is 0 Å². The van der Waals surface area contributed by atoms with E-state index in [1.165, 1.54) is 17.0 Å². The number of halogens is 3. The van der Waals surface area contributed by atoms with Crippen molar-refractivity contribution in [2.75, 3.05) is 6.54 Å². The number of carboxylic acids is 1. The van der Waals surface area contributed by atoms with Gasteiger partial charge >= 0.3 is 12.1 Å². The minimum Gasteiger partial charge on any atom is -0.480 e. The average Bonchev–Trinajstić information content (AvgIpc) is 2.87. The third-order valence-corrected chi connectivity index (χ3v) is 3.47. The normalized spacial score (nSPS) is 18.8. The van der Waals surface area contributed by atoms with Crippen molar-refractivity contribution in [2.45, 2.75) is 31.5 Å². The van der Waals surface area contributed by atoms with E-state index < -0.39 is 29.7 Å². The first-order chi connectivity index (χ1) is 9.79. The molecule has 1 atom stereocenters. The Morgan fingerprint density at radius 1 is 1.33 bits per heavy atom. The summed E-state index contributed by atoms with van der Waals surface area (Å²) in [5, 5.41) is 9.01. The third kappa shape index (κ3) is 3.53. The van der Waals surface area contributed by atoms with Crippen molar-refractivity contribution in [3.05, 3.63) is 35.4 Å². The summed E-state index contributed by atoms with van der Waals surface area (Å²) in [6.07, 6.45) is -3.72. The molecule has 1 aliphatic heterocycles. The molecule has 0 aromatic heterocycles. The number of likely N-dealkylation sites (tertiary alicyclic amines) is 1. The molecule has 2 rings (SSSR count). The summed E-state index contributed by atoms with van der Waals surface area (Å²) in [5.41, 5.74) is -0.588. The number of alkyl halides is 3. The topological polar surface area (TPSA) is 57.6 Å². The zero-order valence-electron chi connectivity index (χ0n) is 11.1. The van der Waals surface area contributed by atoms with Gasteiger partial charge in [0.2, 0.25) is 5.91 Å². The molecule has 21 heavy (non-hydrogen) atoms. The van der Waals surface area contributed by atoms with Crippen LogP contribution in [0.3, 0.4) is 0 Å². The van der Waals surface area contributed by atoms with Crippen LogP contribution in [0.4, 0.5) is 13.2 Å². The highest BCUT2D eigenvalue weighted by atomic mass is 19.4. The number of rotatable bonds is 3. The zero-order valence-corrected chi connectivity index (χ0v) is 11.1. The van der Waals surface area contributed by atoms with Crippen LogP contribution < -0.4 is 0 Å². The lowest BCUT2D eigenvalue weighted by molar-refractivity contribution is -0.148. The van der Waals surface area contributed by atoms with E-state index in [0.717, 1.165) is 12.1 Å². The van der Waals surface area contributed by atoms with Crippen molar-refractivity contribution in [3.8, 4) is 0 Å². The molecule has 0 aliphatic carbocycles. The Bertz CT molecular complexity index is 557. The van der Waals surface area contributed by atoms with E-state index in [1.54, 1.807) is 0 Å². The molecule has 1 amide bonds. The summed E-state index contributed by atoms with van der Waals surface area (Å²) in [5.74, 6) is -1.54. The summed E-state index contributed by atoms with van der Waals surface area (Å²) in [6.45, 7) is 0.328. The maximum atomic E-state index is 12.6. The summed E-state index contributed by atoms with van der Waals surface area (Å²) < 4.78 is 37.8. The molecule has 0 bridgehead atoms. The van der Waals surface area contributed by atoms with Crippen LogP contribution >= 0.6 is 0 Å². The predicted molar refractivity (Wildman–Crippen MR) is 67.5 cm³/mol. The molecule has 1 unspecified atom stereocenters. The Hall–Kier alpha value is -2.05. The molecule has 4 nitrogen and oxygen atoms in total. The van der Waals surface area contributed by atoms with Crippen LogP contribution in [-0.2, 0) is 22.2 Å². The molecule has 1 fully saturated rings. The standard InChI is InChI=1S/C14H14F3NO3/c15-14(16,17)10-4-1-3-9(7-10)8-12(19)18-6-2-5-11(18)13(20)21/h1,3-4,7,11H,2,5-6,8H2,(H,20,21). The van der Waals surface area contributed by atoms with Gasteiger partial charge in [-0.1, -0.05) is 18.2 Å². The van der Waals surface area contributed by atoms with Crippen LogP contribution in [0, 0.1) is 0 Å². The van der Waals surface area contributed by atoms with E-state index in [0.29, 0.717) is 19.4 Å². The van der Waals surface area contributed by atoms with Gasteiger partial charge in [0, 0.05) is 6.54 Å². The van der Waals surface area contributed by atoms with Crippen molar-refractivity contribution in [2.24, 2.45) is 0 Å². The molecule has 1 aromatic rings. The van der Waals surface area contributed by atoms with E-state index in [2.05, 4.69) is 0 Å². The molecule has 1 aromatic carbocycles. The van der Waals surface area contributed by atoms with Gasteiger partial charge in [0.15, 0.2) is 0 Å². The number of hydrogen-bond acceptors (Lipinski definition) is 2. The minimum atomic E-state index is -4.46. The summed E-state index contributed by atoms with van der Waals surface area (Å²) in [6, 6.07) is 3.65. The fourth-order valence-electron chi connectivity index (χ4n) is 2.46. The number of nitrogens with zero attached hydrogens (tertiary/aromatic N) is 1. The van der Waals surface area contributed by atoms with Crippen molar-refractivity contribution >= 4 is 11.9 Å². The molecule has 1 aliphatic rings. The SMILES string of the molecule is O=C(O)C1CCCN1C(=O)Cc1cccc(C(F)(F)F)c1. The number of aliphatic carboxylic acids is 1. The van der Waals surface area contributed by atoms with Gasteiger partial charge in [-0.2, -0.15) is 13.2 Å². The fraction of sp³-hybridized carbons (Fsp3) is 0.429. The van der Waals surface area contributed by atoms with Gasteiger partial charge in [-0.05, 0) is 24.5 Å². The van der Waals surface area contributed by atoms with Crippen molar-refractivity contribution < 1.29 is 27.9 Å². The maximum Gasteiger partial charge on any atom is 0.416 e. The minimum absolute atomic E-state index is 0.228. The number of amides is 1. The molecular formula is C14H14F3NO3. The maximum absolute atomic E-state index is 12.6. The van der Waals surface area contributed by atoms with Crippen LogP contribution in [0.1, 0.15) is 24.0 Å². The van der Waals surface area contributed by atoms with Gasteiger partial charge in [-0.3, -0.25) is 4.79 Å². The highest BCUT2D eigenvalue weighted by molar-refractivity contribution is 5.85. The second kappa shape index (κ2) is 5.75. The lowest BCUT2D eigenvalue weighted by atomic mass is 10.1. The monoisotopic (exact) mass is 301 g/mol. The van der Waals surface area contributed by atoms with Crippen LogP contribution in [-0.4, -0.2) is 34.5 Å². The lowest BCUT2D eigenvalue weighted by Gasteiger charge is -2.21. The van der Waals surface area contributed by atoms with E-state index in [1.807, 2.05) is 0 Å². The number of carbonyl (C=O) groups excluding carboxylic acids is 1. The summed E-state index contributed by atoms with van der Waals surface area (Å²) in [4.78, 5) is 24.3. The predicted octanol–water partition coefficient (Wildman–Crippen LogP) is 2.32. The Morgan fingerprint density at radius 2 is 2.05 bits per heavy atom. The number of hydrogen-bond donors (Lipinski definition) is 1. The van der Waals surface area contributed by atoms with E-state index in [-0.39, 0.29) is 12.0 Å². The summed E-state index contributed by atoms with van der Waals surface area (Å²) >= 11 is 0. The molecule has 1 saturated heterocycles. The van der Waals surface area contributed by atoms with Crippen LogP contribution in [0.15, 0.2) is 24.3 Å². The molecule has 7 heteroatoms. The largest absolute Gasteiger partial charge is 0.480 e. The molecule has 0 radical (unpaired) electrons. The first-order valence-corrected chi connectivity index (χ1v) is 6.47. The third-order valence-electron chi connectivity index (χ3n) is 3.47. The first-order valence-electron chi connectivity index (χ1n) is 6.47. The number of carboxylic acid groups (broad SMARTS) is 1. The molecule has 0 spiro atoms. The Morgan fingerprint density at radius 3 is 2.67 bits per heavy atom. The van der Waals surface area contributed by atoms with E-state index in [9.17, 15) is 22.8 Å². The molecule has 1 N–H and O–H groups in total. The smallest absolute Gasteiger partial charge is 0.416 e. The number of carbonyl (C=O) groups is 2. The van der Waals surface area contributed by atoms with Crippen molar-refractivity contribution in [1.29, 1.82) is 0 Å². The fourth-order valence-corrected chi connectivity index (χ4v) is 2.46. The van der Waals surface area contributed by atoms with E-state index >= 15 is 0 Å². The van der Waals surface area contributed by atoms with Gasteiger partial charge in [0.1, 0.15) is 6.04 Å². The van der Waals surface area contributed by atoms with E-state index in [4.69, 9.17) is 5.11 Å². The van der Waals surface area contributed by atoms with Gasteiger partial charge in [0.05, 0.1) is 12.0 Å². The Balaban J connectivity index is 2.11. The second-order valence-electron chi connectivity index (χ2n) is 4.96. The molecule has 114 valence electrons.